The van der Waals surface area contributed by atoms with Crippen LogP contribution in [0.1, 0.15) is 5.69 Å². The number of benzene rings is 1. The van der Waals surface area contributed by atoms with Gasteiger partial charge in [-0.25, -0.2) is 0 Å². The molecule has 1 heterocycles. The summed E-state index contributed by atoms with van der Waals surface area (Å²) in [4.78, 5) is 4.44. The highest BCUT2D eigenvalue weighted by Gasteiger charge is 2.02. The average Bonchev–Trinajstić information content (AvgIpc) is 2.17. The van der Waals surface area contributed by atoms with Gasteiger partial charge in [-0.1, -0.05) is 22.0 Å². The lowest BCUT2D eigenvalue weighted by molar-refractivity contribution is 1.15. The Balaban J connectivity index is 2.73. The fourth-order valence-corrected chi connectivity index (χ4v) is 1.75. The molecule has 0 fully saturated rings. The molecule has 0 aliphatic heterocycles. The predicted molar refractivity (Wildman–Crippen MR) is 62.9 cm³/mol. The molecule has 0 saturated heterocycles. The Morgan fingerprint density at radius 1 is 1.36 bits per heavy atom. The van der Waals surface area contributed by atoms with Crippen LogP contribution in [-0.4, -0.2) is 4.98 Å². The lowest BCUT2D eigenvalue weighted by atomic mass is 10.1. The van der Waals surface area contributed by atoms with Crippen LogP contribution < -0.4 is 5.73 Å². The summed E-state index contributed by atoms with van der Waals surface area (Å²) < 4.78 is 1.03. The Kier molecular flexibility index (Phi) is 2.42. The second-order valence-electron chi connectivity index (χ2n) is 3.11. The van der Waals surface area contributed by atoms with Gasteiger partial charge in [0.2, 0.25) is 0 Å². The van der Waals surface area contributed by atoms with E-state index in [4.69, 9.17) is 5.73 Å². The minimum absolute atomic E-state index is 0.619. The van der Waals surface area contributed by atoms with Crippen molar-refractivity contribution >= 4 is 32.5 Å². The first-order valence-corrected chi connectivity index (χ1v) is 5.14. The van der Waals surface area contributed by atoms with Gasteiger partial charge in [0.05, 0.1) is 16.9 Å². The number of rotatable bonds is 1. The van der Waals surface area contributed by atoms with Crippen LogP contribution in [0.25, 0.3) is 10.9 Å². The van der Waals surface area contributed by atoms with E-state index in [1.165, 1.54) is 0 Å². The van der Waals surface area contributed by atoms with E-state index >= 15 is 0 Å². The van der Waals surface area contributed by atoms with Crippen molar-refractivity contribution in [2.24, 2.45) is 0 Å². The van der Waals surface area contributed by atoms with E-state index in [1.54, 1.807) is 0 Å². The number of halogens is 1. The van der Waals surface area contributed by atoms with Crippen LogP contribution in [0.4, 0.5) is 5.69 Å². The molecule has 0 atom stereocenters. The largest absolute Gasteiger partial charge is 0.397 e. The quantitative estimate of drug-likeness (QED) is 0.845. The molecule has 2 N–H and O–H groups in total. The van der Waals surface area contributed by atoms with E-state index in [0.29, 0.717) is 6.42 Å². The zero-order valence-electron chi connectivity index (χ0n) is 7.63. The lowest BCUT2D eigenvalue weighted by Crippen LogP contribution is -1.96. The van der Waals surface area contributed by atoms with Crippen LogP contribution in [0.5, 0.6) is 0 Å². The third-order valence-electron chi connectivity index (χ3n) is 2.13. The van der Waals surface area contributed by atoms with Gasteiger partial charge in [0, 0.05) is 9.86 Å². The molecular formula is C11H10BrN2. The molecule has 71 valence electrons. The highest BCUT2D eigenvalue weighted by molar-refractivity contribution is 9.10. The number of nitrogen functional groups attached to an aromatic ring is 1. The van der Waals surface area contributed by atoms with Crippen LogP contribution in [0.15, 0.2) is 28.7 Å². The normalized spacial score (nSPS) is 10.7. The van der Waals surface area contributed by atoms with E-state index in [-0.39, 0.29) is 0 Å². The summed E-state index contributed by atoms with van der Waals surface area (Å²) in [5.41, 5.74) is 8.35. The Hall–Kier alpha value is -1.09. The molecule has 14 heavy (non-hydrogen) atoms. The van der Waals surface area contributed by atoms with E-state index in [0.717, 1.165) is 26.8 Å². The van der Waals surface area contributed by atoms with Gasteiger partial charge in [-0.05, 0) is 31.5 Å². The third kappa shape index (κ3) is 1.60. The number of aromatic nitrogens is 1. The monoisotopic (exact) mass is 249 g/mol. The molecule has 0 saturated carbocycles. The van der Waals surface area contributed by atoms with Crippen LogP contribution in [0.3, 0.4) is 0 Å². The Bertz CT molecular complexity index is 480. The van der Waals surface area contributed by atoms with Crippen LogP contribution in [-0.2, 0) is 6.42 Å². The van der Waals surface area contributed by atoms with E-state index in [2.05, 4.69) is 27.8 Å². The van der Waals surface area contributed by atoms with Crippen molar-refractivity contribution in [3.05, 3.63) is 41.4 Å². The molecule has 3 heteroatoms. The zero-order chi connectivity index (χ0) is 10.1. The van der Waals surface area contributed by atoms with E-state index in [1.807, 2.05) is 24.3 Å². The number of anilines is 1. The molecule has 0 unspecified atom stereocenters. The van der Waals surface area contributed by atoms with Crippen molar-refractivity contribution in [2.45, 2.75) is 6.42 Å². The summed E-state index contributed by atoms with van der Waals surface area (Å²) >= 11 is 3.41. The highest BCUT2D eigenvalue weighted by atomic mass is 79.9. The molecule has 2 rings (SSSR count). The summed E-state index contributed by atoms with van der Waals surface area (Å²) in [6, 6.07) is 7.90. The van der Waals surface area contributed by atoms with Crippen molar-refractivity contribution in [2.75, 3.05) is 5.73 Å². The second-order valence-corrected chi connectivity index (χ2v) is 4.03. The van der Waals surface area contributed by atoms with Gasteiger partial charge in [0.15, 0.2) is 0 Å². The topological polar surface area (TPSA) is 38.9 Å². The minimum atomic E-state index is 0.619. The summed E-state index contributed by atoms with van der Waals surface area (Å²) in [6.45, 7) is 3.79. The number of nitrogens with zero attached hydrogens (tertiary/aromatic N) is 1. The number of nitrogens with two attached hydrogens (primary N) is 1. The van der Waals surface area contributed by atoms with Gasteiger partial charge in [-0.2, -0.15) is 0 Å². The molecule has 1 radical (unpaired) electrons. The smallest absolute Gasteiger partial charge is 0.0718 e. The number of hydrogen-bond donors (Lipinski definition) is 1. The van der Waals surface area contributed by atoms with Crippen molar-refractivity contribution < 1.29 is 0 Å². The molecule has 0 bridgehead atoms. The first-order chi connectivity index (χ1) is 6.70. The summed E-state index contributed by atoms with van der Waals surface area (Å²) in [7, 11) is 0. The third-order valence-corrected chi connectivity index (χ3v) is 2.62. The molecule has 2 nitrogen and oxygen atoms in total. The van der Waals surface area contributed by atoms with E-state index in [9.17, 15) is 0 Å². The van der Waals surface area contributed by atoms with Gasteiger partial charge in [-0.15, -0.1) is 0 Å². The van der Waals surface area contributed by atoms with Gasteiger partial charge >= 0.3 is 0 Å². The second kappa shape index (κ2) is 3.58. The number of hydrogen-bond acceptors (Lipinski definition) is 2. The van der Waals surface area contributed by atoms with Crippen LogP contribution in [0.2, 0.25) is 0 Å². The standard InChI is InChI=1S/C11H10BrN2/c1-2-10-9(13)5-7-3-4-8(12)6-11(7)14-10/h3-6H,1-2,13H2. The molecular weight excluding hydrogens is 240 g/mol. The molecule has 0 aliphatic carbocycles. The van der Waals surface area contributed by atoms with Gasteiger partial charge in [-0.3, -0.25) is 4.98 Å². The first kappa shape index (κ1) is 9.46. The molecule has 0 amide bonds. The van der Waals surface area contributed by atoms with Gasteiger partial charge in [0.25, 0.3) is 0 Å². The van der Waals surface area contributed by atoms with Crippen LogP contribution >= 0.6 is 15.9 Å². The maximum absolute atomic E-state index is 5.82. The minimum Gasteiger partial charge on any atom is -0.397 e. The molecule has 2 aromatic rings. The molecule has 1 aromatic carbocycles. The lowest BCUT2D eigenvalue weighted by Gasteiger charge is -2.04. The fourth-order valence-electron chi connectivity index (χ4n) is 1.40. The highest BCUT2D eigenvalue weighted by Crippen LogP contribution is 2.22. The van der Waals surface area contributed by atoms with Gasteiger partial charge < -0.3 is 5.73 Å². The molecule has 0 spiro atoms. The molecule has 1 aromatic heterocycles. The Labute approximate surface area is 91.3 Å². The van der Waals surface area contributed by atoms with E-state index < -0.39 is 0 Å². The number of fused-ring (bicyclic) bond motifs is 1. The van der Waals surface area contributed by atoms with Crippen molar-refractivity contribution in [3.63, 3.8) is 0 Å². The Morgan fingerprint density at radius 3 is 2.86 bits per heavy atom. The zero-order valence-corrected chi connectivity index (χ0v) is 9.21. The average molecular weight is 250 g/mol. The van der Waals surface area contributed by atoms with Gasteiger partial charge in [0.1, 0.15) is 0 Å². The fraction of sp³-hybridized carbons (Fsp3) is 0.0909. The predicted octanol–water partition coefficient (Wildman–Crippen LogP) is 2.96. The molecule has 0 aliphatic rings. The maximum Gasteiger partial charge on any atom is 0.0718 e. The van der Waals surface area contributed by atoms with Crippen molar-refractivity contribution in [3.8, 4) is 0 Å². The summed E-state index contributed by atoms with van der Waals surface area (Å²) in [6.07, 6.45) is 0.619. The van der Waals surface area contributed by atoms with Crippen molar-refractivity contribution in [1.82, 2.24) is 4.98 Å². The van der Waals surface area contributed by atoms with Crippen molar-refractivity contribution in [1.29, 1.82) is 0 Å². The summed E-state index contributed by atoms with van der Waals surface area (Å²) in [5.74, 6) is 0. The van der Waals surface area contributed by atoms with Crippen LogP contribution in [0, 0.1) is 6.92 Å². The summed E-state index contributed by atoms with van der Waals surface area (Å²) in [5, 5.41) is 1.06. The number of pyridine rings is 1. The maximum atomic E-state index is 5.82. The SMILES string of the molecule is [CH2]Cc1nc2cc(Br)ccc2cc1N. The first-order valence-electron chi connectivity index (χ1n) is 4.34. The Morgan fingerprint density at radius 2 is 2.14 bits per heavy atom.